The first-order valence-corrected chi connectivity index (χ1v) is 3.30. The molecular formula is C6H9O6-. The van der Waals surface area contributed by atoms with Crippen molar-refractivity contribution in [2.24, 2.45) is 0 Å². The van der Waals surface area contributed by atoms with Crippen LogP contribution in [-0.4, -0.2) is 45.5 Å². The smallest absolute Gasteiger partial charge is 0.162 e. The molecule has 3 atom stereocenters. The lowest BCUT2D eigenvalue weighted by atomic mass is 10.1. The van der Waals surface area contributed by atoms with Gasteiger partial charge >= 0.3 is 0 Å². The molecular weight excluding hydrogens is 168 g/mol. The molecule has 4 N–H and O–H groups in total. The zero-order valence-corrected chi connectivity index (χ0v) is 6.04. The summed E-state index contributed by atoms with van der Waals surface area (Å²) in [6.07, 6.45) is -4.66. The maximum Gasteiger partial charge on any atom is 0.162 e. The molecule has 0 radical (unpaired) electrons. The summed E-state index contributed by atoms with van der Waals surface area (Å²) in [5.74, 6) is -1.77. The van der Waals surface area contributed by atoms with E-state index < -0.39 is 36.6 Å². The zero-order valence-electron chi connectivity index (χ0n) is 6.04. The van der Waals surface area contributed by atoms with Crippen LogP contribution in [0.5, 0.6) is 0 Å². The topological polar surface area (TPSA) is 113 Å². The van der Waals surface area contributed by atoms with E-state index in [0.29, 0.717) is 0 Å². The summed E-state index contributed by atoms with van der Waals surface area (Å²) >= 11 is 0. The van der Waals surface area contributed by atoms with Crippen molar-refractivity contribution in [3.8, 4) is 0 Å². The third-order valence-electron chi connectivity index (χ3n) is 1.60. The van der Waals surface area contributed by atoms with Crippen molar-refractivity contribution < 1.29 is 30.3 Å². The summed E-state index contributed by atoms with van der Waals surface area (Å²) in [7, 11) is 0. The monoisotopic (exact) mass is 177 g/mol. The average Bonchev–Trinajstić information content (AvgIpc) is 2.08. The summed E-state index contributed by atoms with van der Waals surface area (Å²) in [5.41, 5.74) is 0. The first kappa shape index (κ1) is 9.27. The van der Waals surface area contributed by atoms with E-state index in [9.17, 15) is 5.11 Å². The van der Waals surface area contributed by atoms with E-state index in [1.165, 1.54) is 0 Å². The number of hydrogen-bond acceptors (Lipinski definition) is 6. The highest BCUT2D eigenvalue weighted by Gasteiger charge is 2.32. The van der Waals surface area contributed by atoms with Crippen LogP contribution < -0.4 is 5.11 Å². The van der Waals surface area contributed by atoms with Crippen LogP contribution in [0.1, 0.15) is 0 Å². The Labute approximate surface area is 68.0 Å². The van der Waals surface area contributed by atoms with Gasteiger partial charge in [0.1, 0.15) is 18.0 Å². The Morgan fingerprint density at radius 3 is 2.42 bits per heavy atom. The first-order valence-electron chi connectivity index (χ1n) is 3.30. The van der Waals surface area contributed by atoms with Crippen molar-refractivity contribution >= 4 is 0 Å². The predicted octanol–water partition coefficient (Wildman–Crippen LogP) is -2.25. The summed E-state index contributed by atoms with van der Waals surface area (Å²) in [4.78, 5) is 0. The molecule has 12 heavy (non-hydrogen) atoms. The van der Waals surface area contributed by atoms with Crippen LogP contribution in [0.25, 0.3) is 0 Å². The van der Waals surface area contributed by atoms with Crippen molar-refractivity contribution in [3.63, 3.8) is 0 Å². The Balaban J connectivity index is 2.85. The lowest BCUT2D eigenvalue weighted by Gasteiger charge is -2.35. The van der Waals surface area contributed by atoms with Crippen molar-refractivity contribution in [1.29, 1.82) is 0 Å². The highest BCUT2D eigenvalue weighted by atomic mass is 16.6. The molecule has 6 nitrogen and oxygen atoms in total. The van der Waals surface area contributed by atoms with Crippen LogP contribution in [0.4, 0.5) is 0 Å². The molecule has 1 aliphatic rings. The SMILES string of the molecule is [O-]C1OC(CO)C(O)C(O)=C1O. The summed E-state index contributed by atoms with van der Waals surface area (Å²) < 4.78 is 4.41. The Bertz CT molecular complexity index is 200. The molecule has 70 valence electrons. The van der Waals surface area contributed by atoms with Crippen molar-refractivity contribution in [1.82, 2.24) is 0 Å². The normalized spacial score (nSPS) is 37.1. The van der Waals surface area contributed by atoms with Crippen LogP contribution in [0.2, 0.25) is 0 Å². The largest absolute Gasteiger partial charge is 0.825 e. The van der Waals surface area contributed by atoms with Gasteiger partial charge in [-0.2, -0.15) is 0 Å². The molecule has 0 amide bonds. The molecule has 1 aliphatic heterocycles. The van der Waals surface area contributed by atoms with E-state index in [2.05, 4.69) is 4.74 Å². The third kappa shape index (κ3) is 1.37. The molecule has 0 fully saturated rings. The molecule has 1 heterocycles. The number of hydrogen-bond donors (Lipinski definition) is 4. The fourth-order valence-corrected chi connectivity index (χ4v) is 0.889. The molecule has 0 bridgehead atoms. The van der Waals surface area contributed by atoms with Crippen molar-refractivity contribution in [2.45, 2.75) is 18.5 Å². The predicted molar refractivity (Wildman–Crippen MR) is 34.0 cm³/mol. The minimum Gasteiger partial charge on any atom is -0.825 e. The standard InChI is InChI=1S/C6H9O6/c7-1-2-3(8)4(9)5(10)6(11)12-2/h2-3,6-10H,1H2/q-1. The van der Waals surface area contributed by atoms with Gasteiger partial charge in [0.05, 0.1) is 6.61 Å². The number of rotatable bonds is 1. The second kappa shape index (κ2) is 3.28. The Kier molecular flexibility index (Phi) is 2.53. The molecule has 0 saturated carbocycles. The van der Waals surface area contributed by atoms with Crippen LogP contribution >= 0.6 is 0 Å². The maximum absolute atomic E-state index is 10.7. The molecule has 3 unspecified atom stereocenters. The average molecular weight is 177 g/mol. The summed E-state index contributed by atoms with van der Waals surface area (Å²) in [5, 5.41) is 46.0. The first-order chi connectivity index (χ1) is 5.57. The molecule has 0 spiro atoms. The van der Waals surface area contributed by atoms with E-state index in [-0.39, 0.29) is 0 Å². The van der Waals surface area contributed by atoms with E-state index in [1.807, 2.05) is 0 Å². The van der Waals surface area contributed by atoms with Crippen LogP contribution in [0.3, 0.4) is 0 Å². The second-order valence-corrected chi connectivity index (χ2v) is 2.40. The number of aliphatic hydroxyl groups excluding tert-OH is 4. The van der Waals surface area contributed by atoms with Gasteiger partial charge in [0.15, 0.2) is 5.76 Å². The highest BCUT2D eigenvalue weighted by Crippen LogP contribution is 2.19. The Morgan fingerprint density at radius 1 is 1.33 bits per heavy atom. The molecule has 0 aromatic carbocycles. The number of ether oxygens (including phenoxy) is 1. The van der Waals surface area contributed by atoms with Crippen LogP contribution in [0, 0.1) is 0 Å². The molecule has 0 aliphatic carbocycles. The summed E-state index contributed by atoms with van der Waals surface area (Å²) in [6.45, 7) is -0.600. The zero-order chi connectivity index (χ0) is 9.30. The lowest BCUT2D eigenvalue weighted by Crippen LogP contribution is -2.48. The van der Waals surface area contributed by atoms with E-state index in [1.54, 1.807) is 0 Å². The quantitative estimate of drug-likeness (QED) is 0.360. The third-order valence-corrected chi connectivity index (χ3v) is 1.60. The van der Waals surface area contributed by atoms with E-state index in [4.69, 9.17) is 20.4 Å². The van der Waals surface area contributed by atoms with Gasteiger partial charge in [-0.1, -0.05) is 0 Å². The van der Waals surface area contributed by atoms with E-state index >= 15 is 0 Å². The fourth-order valence-electron chi connectivity index (χ4n) is 0.889. The van der Waals surface area contributed by atoms with Crippen LogP contribution in [0.15, 0.2) is 11.5 Å². The molecule has 0 aromatic heterocycles. The minimum absolute atomic E-state index is 0.600. The minimum atomic E-state index is -1.94. The maximum atomic E-state index is 10.7. The van der Waals surface area contributed by atoms with Gasteiger partial charge in [-0.3, -0.25) is 0 Å². The van der Waals surface area contributed by atoms with E-state index in [0.717, 1.165) is 0 Å². The molecule has 1 rings (SSSR count). The van der Waals surface area contributed by atoms with Crippen molar-refractivity contribution in [3.05, 3.63) is 11.5 Å². The molecule has 0 aromatic rings. The van der Waals surface area contributed by atoms with Gasteiger partial charge in [-0.15, -0.1) is 0 Å². The van der Waals surface area contributed by atoms with Gasteiger partial charge in [-0.25, -0.2) is 0 Å². The van der Waals surface area contributed by atoms with Gasteiger partial charge in [0.25, 0.3) is 0 Å². The van der Waals surface area contributed by atoms with Gasteiger partial charge in [-0.05, 0) is 0 Å². The van der Waals surface area contributed by atoms with Gasteiger partial charge < -0.3 is 30.3 Å². The highest BCUT2D eigenvalue weighted by molar-refractivity contribution is 5.11. The Hall–Kier alpha value is -0.820. The molecule has 6 heteroatoms. The fraction of sp³-hybridized carbons (Fsp3) is 0.667. The number of aliphatic hydroxyl groups is 4. The Morgan fingerprint density at radius 2 is 1.92 bits per heavy atom. The van der Waals surface area contributed by atoms with Crippen molar-refractivity contribution in [2.75, 3.05) is 6.61 Å². The van der Waals surface area contributed by atoms with Gasteiger partial charge in [0.2, 0.25) is 0 Å². The second-order valence-electron chi connectivity index (χ2n) is 2.40. The van der Waals surface area contributed by atoms with Crippen LogP contribution in [-0.2, 0) is 4.74 Å². The molecule has 0 saturated heterocycles. The lowest BCUT2D eigenvalue weighted by molar-refractivity contribution is -0.496. The summed E-state index contributed by atoms with van der Waals surface area (Å²) in [6, 6.07) is 0. The van der Waals surface area contributed by atoms with Gasteiger partial charge in [0, 0.05) is 6.29 Å².